The van der Waals surface area contributed by atoms with Crippen LogP contribution in [0.25, 0.3) is 0 Å². The number of phenolic OH excluding ortho intramolecular Hbond substituents is 1. The Balaban J connectivity index is 2.19. The number of benzene rings is 2. The number of hydrogen-bond donors (Lipinski definition) is 5. The maximum absolute atomic E-state index is 12.1. The Labute approximate surface area is 176 Å². The van der Waals surface area contributed by atoms with E-state index in [0.717, 1.165) is 5.56 Å². The maximum Gasteiger partial charge on any atom is 0.344 e. The van der Waals surface area contributed by atoms with E-state index in [0.29, 0.717) is 28.9 Å². The zero-order valence-corrected chi connectivity index (χ0v) is 17.8. The molecular formula is C21H28ClN5O2. The van der Waals surface area contributed by atoms with E-state index in [2.05, 4.69) is 26.3 Å². The highest BCUT2D eigenvalue weighted by molar-refractivity contribution is 6.30. The number of carbonyl (C=O) groups is 1. The fourth-order valence-corrected chi connectivity index (χ4v) is 2.58. The first-order valence-corrected chi connectivity index (χ1v) is 9.85. The van der Waals surface area contributed by atoms with Gasteiger partial charge in [0.15, 0.2) is 0 Å². The number of nitrogens with one attached hydrogen (secondary N) is 4. The van der Waals surface area contributed by atoms with Crippen LogP contribution in [0.1, 0.15) is 33.3 Å². The van der Waals surface area contributed by atoms with Gasteiger partial charge >= 0.3 is 6.03 Å². The highest BCUT2D eigenvalue weighted by atomic mass is 35.5. The molecule has 0 heterocycles. The molecule has 0 saturated heterocycles. The number of nitrogens with zero attached hydrogens (tertiary/aromatic N) is 1. The quantitative estimate of drug-likeness (QED) is 0.206. The zero-order valence-electron chi connectivity index (χ0n) is 17.1. The van der Waals surface area contributed by atoms with Gasteiger partial charge in [0, 0.05) is 29.3 Å². The third-order valence-corrected chi connectivity index (χ3v) is 3.95. The van der Waals surface area contributed by atoms with Crippen molar-refractivity contribution in [2.45, 2.75) is 46.3 Å². The normalized spacial score (nSPS) is 11.5. The monoisotopic (exact) mass is 417 g/mol. The van der Waals surface area contributed by atoms with Crippen LogP contribution in [-0.2, 0) is 6.54 Å². The number of phenols is 1. The third kappa shape index (κ3) is 7.91. The molecule has 0 aliphatic heterocycles. The van der Waals surface area contributed by atoms with Crippen molar-refractivity contribution in [2.24, 2.45) is 4.99 Å². The van der Waals surface area contributed by atoms with E-state index in [1.54, 1.807) is 30.3 Å². The minimum atomic E-state index is -0.453. The average molecular weight is 418 g/mol. The van der Waals surface area contributed by atoms with Crippen LogP contribution in [0.15, 0.2) is 47.5 Å². The predicted octanol–water partition coefficient (Wildman–Crippen LogP) is 4.54. The number of rotatable bonds is 6. The number of urea groups is 1. The summed E-state index contributed by atoms with van der Waals surface area (Å²) < 4.78 is 0. The van der Waals surface area contributed by atoms with Gasteiger partial charge in [0.1, 0.15) is 5.75 Å². The molecule has 0 radical (unpaired) electrons. The lowest BCUT2D eigenvalue weighted by atomic mass is 10.2. The van der Waals surface area contributed by atoms with Gasteiger partial charge in [-0.2, -0.15) is 4.99 Å². The van der Waals surface area contributed by atoms with Crippen LogP contribution in [0.2, 0.25) is 5.02 Å². The fraction of sp³-hybridized carbons (Fsp3) is 0.333. The van der Waals surface area contributed by atoms with Crippen LogP contribution < -0.4 is 21.3 Å². The van der Waals surface area contributed by atoms with Crippen LogP contribution >= 0.6 is 11.6 Å². The van der Waals surface area contributed by atoms with Crippen molar-refractivity contribution in [3.63, 3.8) is 0 Å². The van der Waals surface area contributed by atoms with E-state index in [4.69, 9.17) is 11.6 Å². The molecule has 29 heavy (non-hydrogen) atoms. The number of amides is 2. The van der Waals surface area contributed by atoms with Gasteiger partial charge in [-0.3, -0.25) is 0 Å². The number of halogens is 1. The summed E-state index contributed by atoms with van der Waals surface area (Å²) in [6.45, 7) is 8.15. The number of aromatic hydroxyl groups is 1. The molecule has 0 bridgehead atoms. The molecule has 0 aliphatic rings. The Morgan fingerprint density at radius 2 is 1.76 bits per heavy atom. The number of aliphatic imine (C=N–C) groups is 1. The Kier molecular flexibility index (Phi) is 8.15. The molecule has 8 heteroatoms. The van der Waals surface area contributed by atoms with Crippen LogP contribution in [0.3, 0.4) is 0 Å². The Bertz CT molecular complexity index is 851. The molecular weight excluding hydrogens is 390 g/mol. The van der Waals surface area contributed by atoms with Gasteiger partial charge in [-0.05, 0) is 63.6 Å². The van der Waals surface area contributed by atoms with Crippen LogP contribution in [0.4, 0.5) is 16.2 Å². The first-order valence-electron chi connectivity index (χ1n) is 9.47. The molecule has 0 fully saturated rings. The van der Waals surface area contributed by atoms with Crippen molar-refractivity contribution >= 4 is 35.0 Å². The van der Waals surface area contributed by atoms with Crippen molar-refractivity contribution in [3.05, 3.63) is 53.1 Å². The average Bonchev–Trinajstić information content (AvgIpc) is 2.62. The SMILES string of the molecule is CC(C)NC(=O)/N=C(\NCc1ccc(Cl)cc1)Nc1ccc(O)c(NC(C)C)c1. The summed E-state index contributed by atoms with van der Waals surface area (Å²) >= 11 is 5.93. The van der Waals surface area contributed by atoms with Crippen LogP contribution in [-0.4, -0.2) is 29.2 Å². The molecule has 2 rings (SSSR count). The van der Waals surface area contributed by atoms with Crippen molar-refractivity contribution in [1.29, 1.82) is 0 Å². The number of guanidine groups is 1. The van der Waals surface area contributed by atoms with Gasteiger partial charge in [-0.1, -0.05) is 23.7 Å². The van der Waals surface area contributed by atoms with Crippen LogP contribution in [0.5, 0.6) is 5.75 Å². The molecule has 0 unspecified atom stereocenters. The minimum Gasteiger partial charge on any atom is -0.506 e. The predicted molar refractivity (Wildman–Crippen MR) is 120 cm³/mol. The second-order valence-corrected chi connectivity index (χ2v) is 7.64. The molecule has 5 N–H and O–H groups in total. The summed E-state index contributed by atoms with van der Waals surface area (Å²) in [6.07, 6.45) is 0. The molecule has 2 amide bonds. The maximum atomic E-state index is 12.1. The summed E-state index contributed by atoms with van der Waals surface area (Å²) in [5, 5.41) is 22.8. The molecule has 0 aromatic heterocycles. The van der Waals surface area contributed by atoms with Crippen molar-refractivity contribution < 1.29 is 9.90 Å². The van der Waals surface area contributed by atoms with Gasteiger partial charge in [0.25, 0.3) is 0 Å². The second kappa shape index (κ2) is 10.6. The van der Waals surface area contributed by atoms with Crippen molar-refractivity contribution in [3.8, 4) is 5.75 Å². The minimum absolute atomic E-state index is 0.0284. The molecule has 0 aliphatic carbocycles. The van der Waals surface area contributed by atoms with Crippen molar-refractivity contribution in [1.82, 2.24) is 10.6 Å². The number of hydrogen-bond acceptors (Lipinski definition) is 3. The van der Waals surface area contributed by atoms with E-state index in [-0.39, 0.29) is 17.8 Å². The number of carbonyl (C=O) groups excluding carboxylic acids is 1. The topological polar surface area (TPSA) is 97.8 Å². The van der Waals surface area contributed by atoms with Crippen LogP contribution in [0, 0.1) is 0 Å². The lowest BCUT2D eigenvalue weighted by Gasteiger charge is -2.16. The Morgan fingerprint density at radius 1 is 1.07 bits per heavy atom. The lowest BCUT2D eigenvalue weighted by molar-refractivity contribution is 0.247. The largest absolute Gasteiger partial charge is 0.506 e. The van der Waals surface area contributed by atoms with E-state index < -0.39 is 6.03 Å². The van der Waals surface area contributed by atoms with Gasteiger partial charge in [0.2, 0.25) is 5.96 Å². The van der Waals surface area contributed by atoms with E-state index >= 15 is 0 Å². The van der Waals surface area contributed by atoms with E-state index in [1.165, 1.54) is 0 Å². The molecule has 0 saturated carbocycles. The summed E-state index contributed by atoms with van der Waals surface area (Å²) in [4.78, 5) is 16.2. The molecule has 156 valence electrons. The molecule has 2 aromatic carbocycles. The summed E-state index contributed by atoms with van der Waals surface area (Å²) in [5.74, 6) is 0.439. The first-order chi connectivity index (χ1) is 13.7. The second-order valence-electron chi connectivity index (χ2n) is 7.20. The third-order valence-electron chi connectivity index (χ3n) is 3.70. The molecule has 7 nitrogen and oxygen atoms in total. The smallest absolute Gasteiger partial charge is 0.344 e. The zero-order chi connectivity index (χ0) is 21.4. The van der Waals surface area contributed by atoms with Crippen molar-refractivity contribution in [2.75, 3.05) is 10.6 Å². The lowest BCUT2D eigenvalue weighted by Crippen LogP contribution is -2.35. The number of anilines is 2. The van der Waals surface area contributed by atoms with E-state index in [9.17, 15) is 9.90 Å². The summed E-state index contributed by atoms with van der Waals surface area (Å²) in [5.41, 5.74) is 2.25. The standard InChI is InChI=1S/C21H28ClN5O2/c1-13(2)24-18-11-17(9-10-19(18)28)26-20(27-21(29)25-14(3)4)23-12-15-5-7-16(22)8-6-15/h5-11,13-14,24,28H,12H2,1-4H3,(H3,23,25,26,27,29). The Morgan fingerprint density at radius 3 is 2.38 bits per heavy atom. The fourth-order valence-electron chi connectivity index (χ4n) is 2.46. The molecule has 0 atom stereocenters. The van der Waals surface area contributed by atoms with Gasteiger partial charge in [-0.25, -0.2) is 4.79 Å². The summed E-state index contributed by atoms with van der Waals surface area (Å²) in [7, 11) is 0. The Hall–Kier alpha value is -2.93. The highest BCUT2D eigenvalue weighted by Crippen LogP contribution is 2.27. The highest BCUT2D eigenvalue weighted by Gasteiger charge is 2.09. The van der Waals surface area contributed by atoms with E-state index in [1.807, 2.05) is 39.8 Å². The molecule has 0 spiro atoms. The summed E-state index contributed by atoms with van der Waals surface area (Å²) in [6, 6.07) is 12.1. The van der Waals surface area contributed by atoms with Gasteiger partial charge in [-0.15, -0.1) is 0 Å². The van der Waals surface area contributed by atoms with Gasteiger partial charge in [0.05, 0.1) is 5.69 Å². The molecule has 2 aromatic rings. The first kappa shape index (κ1) is 22.4. The van der Waals surface area contributed by atoms with Gasteiger partial charge < -0.3 is 26.4 Å².